The minimum atomic E-state index is 0.679. The van der Waals surface area contributed by atoms with Crippen molar-refractivity contribution in [2.75, 3.05) is 11.9 Å². The van der Waals surface area contributed by atoms with E-state index >= 15 is 0 Å². The van der Waals surface area contributed by atoms with Crippen molar-refractivity contribution in [3.05, 3.63) is 56.1 Å². The maximum Gasteiger partial charge on any atom is 0.124 e. The van der Waals surface area contributed by atoms with E-state index in [4.69, 9.17) is 4.74 Å². The van der Waals surface area contributed by atoms with Crippen LogP contribution in [0.3, 0.4) is 0 Å². The molecular formula is C15H15BrINO. The Morgan fingerprint density at radius 3 is 2.58 bits per heavy atom. The lowest BCUT2D eigenvalue weighted by Crippen LogP contribution is -2.03. The largest absolute Gasteiger partial charge is 0.494 e. The van der Waals surface area contributed by atoms with Crippen LogP contribution in [0.15, 0.2) is 46.9 Å². The fourth-order valence-corrected chi connectivity index (χ4v) is 2.52. The summed E-state index contributed by atoms with van der Waals surface area (Å²) in [5, 5.41) is 3.41. The number of ether oxygens (including phenoxy) is 1. The Morgan fingerprint density at radius 1 is 1.16 bits per heavy atom. The van der Waals surface area contributed by atoms with Gasteiger partial charge in [-0.2, -0.15) is 0 Å². The molecule has 0 unspecified atom stereocenters. The van der Waals surface area contributed by atoms with Gasteiger partial charge in [0.15, 0.2) is 0 Å². The van der Waals surface area contributed by atoms with E-state index in [9.17, 15) is 0 Å². The summed E-state index contributed by atoms with van der Waals surface area (Å²) in [5.74, 6) is 0.934. The van der Waals surface area contributed by atoms with E-state index in [2.05, 4.69) is 74.2 Å². The summed E-state index contributed by atoms with van der Waals surface area (Å²) in [7, 11) is 0. The highest BCUT2D eigenvalue weighted by molar-refractivity contribution is 14.1. The number of hydrogen-bond acceptors (Lipinski definition) is 2. The molecule has 0 saturated heterocycles. The van der Waals surface area contributed by atoms with Gasteiger partial charge in [0.25, 0.3) is 0 Å². The smallest absolute Gasteiger partial charge is 0.124 e. The first-order valence-electron chi connectivity index (χ1n) is 6.09. The van der Waals surface area contributed by atoms with Gasteiger partial charge in [0.2, 0.25) is 0 Å². The highest BCUT2D eigenvalue weighted by Gasteiger charge is 2.04. The molecule has 0 aliphatic carbocycles. The molecule has 0 heterocycles. The Labute approximate surface area is 135 Å². The molecule has 2 nitrogen and oxygen atoms in total. The summed E-state index contributed by atoms with van der Waals surface area (Å²) in [4.78, 5) is 0. The van der Waals surface area contributed by atoms with Gasteiger partial charge >= 0.3 is 0 Å². The van der Waals surface area contributed by atoms with Crippen molar-refractivity contribution in [2.24, 2.45) is 0 Å². The molecule has 0 amide bonds. The Kier molecular flexibility index (Phi) is 5.51. The van der Waals surface area contributed by atoms with Crippen LogP contribution in [0.5, 0.6) is 5.75 Å². The van der Waals surface area contributed by atoms with Crippen molar-refractivity contribution in [2.45, 2.75) is 13.5 Å². The average molecular weight is 432 g/mol. The van der Waals surface area contributed by atoms with Crippen LogP contribution in [0.1, 0.15) is 12.5 Å². The number of nitrogens with one attached hydrogen (secondary N) is 1. The van der Waals surface area contributed by atoms with Crippen molar-refractivity contribution >= 4 is 44.2 Å². The molecule has 2 rings (SSSR count). The second-order valence-corrected chi connectivity index (χ2v) is 6.21. The van der Waals surface area contributed by atoms with E-state index in [0.29, 0.717) is 6.61 Å². The maximum absolute atomic E-state index is 5.64. The maximum atomic E-state index is 5.64. The molecule has 4 heteroatoms. The molecule has 2 aromatic carbocycles. The van der Waals surface area contributed by atoms with Gasteiger partial charge in [-0.05, 0) is 72.0 Å². The van der Waals surface area contributed by atoms with Crippen LogP contribution in [0.2, 0.25) is 0 Å². The predicted molar refractivity (Wildman–Crippen MR) is 91.8 cm³/mol. The van der Waals surface area contributed by atoms with Crippen molar-refractivity contribution in [1.29, 1.82) is 0 Å². The standard InChI is InChI=1S/C15H15BrINO/c1-2-19-15-8-3-12(16)9-11(15)10-18-14-6-4-13(17)5-7-14/h3-9,18H,2,10H2,1H3. The second kappa shape index (κ2) is 7.14. The SMILES string of the molecule is CCOc1ccc(Br)cc1CNc1ccc(I)cc1. The minimum Gasteiger partial charge on any atom is -0.494 e. The number of anilines is 1. The summed E-state index contributed by atoms with van der Waals surface area (Å²) in [6.07, 6.45) is 0. The van der Waals surface area contributed by atoms with Crippen molar-refractivity contribution in [3.63, 3.8) is 0 Å². The zero-order valence-corrected chi connectivity index (χ0v) is 14.4. The second-order valence-electron chi connectivity index (χ2n) is 4.05. The molecule has 100 valence electrons. The number of rotatable bonds is 5. The van der Waals surface area contributed by atoms with Crippen LogP contribution in [-0.4, -0.2) is 6.61 Å². The molecule has 0 aromatic heterocycles. The highest BCUT2D eigenvalue weighted by Crippen LogP contribution is 2.24. The predicted octanol–water partition coefficient (Wildman–Crippen LogP) is 5.06. The molecule has 2 aromatic rings. The van der Waals surface area contributed by atoms with Gasteiger partial charge in [0, 0.05) is 25.8 Å². The fourth-order valence-electron chi connectivity index (χ4n) is 1.75. The minimum absolute atomic E-state index is 0.679. The van der Waals surface area contributed by atoms with E-state index in [0.717, 1.165) is 28.0 Å². The van der Waals surface area contributed by atoms with E-state index in [1.807, 2.05) is 19.1 Å². The van der Waals surface area contributed by atoms with Gasteiger partial charge in [-0.15, -0.1) is 0 Å². The Morgan fingerprint density at radius 2 is 1.89 bits per heavy atom. The normalized spacial score (nSPS) is 10.3. The first-order chi connectivity index (χ1) is 9.19. The number of benzene rings is 2. The summed E-state index contributed by atoms with van der Waals surface area (Å²) in [6.45, 7) is 3.42. The van der Waals surface area contributed by atoms with Gasteiger partial charge in [0.05, 0.1) is 6.61 Å². The Balaban J connectivity index is 2.09. The van der Waals surface area contributed by atoms with Gasteiger partial charge in [-0.25, -0.2) is 0 Å². The Bertz CT molecular complexity index is 542. The summed E-state index contributed by atoms with van der Waals surface area (Å²) < 4.78 is 7.94. The molecular weight excluding hydrogens is 417 g/mol. The summed E-state index contributed by atoms with van der Waals surface area (Å²) >= 11 is 5.80. The first kappa shape index (κ1) is 14.7. The van der Waals surface area contributed by atoms with Gasteiger partial charge in [-0.1, -0.05) is 15.9 Å². The van der Waals surface area contributed by atoms with E-state index in [1.54, 1.807) is 0 Å². The van der Waals surface area contributed by atoms with Crippen LogP contribution in [0, 0.1) is 3.57 Å². The molecule has 0 spiro atoms. The van der Waals surface area contributed by atoms with Crippen LogP contribution < -0.4 is 10.1 Å². The number of halogens is 2. The molecule has 0 radical (unpaired) electrons. The topological polar surface area (TPSA) is 21.3 Å². The van der Waals surface area contributed by atoms with E-state index in [-0.39, 0.29) is 0 Å². The lowest BCUT2D eigenvalue weighted by molar-refractivity contribution is 0.337. The zero-order chi connectivity index (χ0) is 13.7. The molecule has 0 aliphatic heterocycles. The van der Waals surface area contributed by atoms with Crippen LogP contribution in [0.4, 0.5) is 5.69 Å². The van der Waals surface area contributed by atoms with Crippen molar-refractivity contribution in [3.8, 4) is 5.75 Å². The molecule has 0 aliphatic rings. The van der Waals surface area contributed by atoms with Crippen LogP contribution in [-0.2, 0) is 6.54 Å². The van der Waals surface area contributed by atoms with E-state index in [1.165, 1.54) is 3.57 Å². The Hall–Kier alpha value is -0.750. The molecule has 0 atom stereocenters. The molecule has 0 fully saturated rings. The lowest BCUT2D eigenvalue weighted by atomic mass is 10.2. The molecule has 0 saturated carbocycles. The third-order valence-corrected chi connectivity index (χ3v) is 3.86. The lowest BCUT2D eigenvalue weighted by Gasteiger charge is -2.12. The van der Waals surface area contributed by atoms with Crippen molar-refractivity contribution < 1.29 is 4.74 Å². The average Bonchev–Trinajstić information content (AvgIpc) is 2.41. The first-order valence-corrected chi connectivity index (χ1v) is 7.97. The van der Waals surface area contributed by atoms with E-state index < -0.39 is 0 Å². The van der Waals surface area contributed by atoms with Gasteiger partial charge in [0.1, 0.15) is 5.75 Å². The van der Waals surface area contributed by atoms with Crippen LogP contribution >= 0.6 is 38.5 Å². The molecule has 1 N–H and O–H groups in total. The zero-order valence-electron chi connectivity index (χ0n) is 10.6. The van der Waals surface area contributed by atoms with Crippen LogP contribution in [0.25, 0.3) is 0 Å². The van der Waals surface area contributed by atoms with Crippen molar-refractivity contribution in [1.82, 2.24) is 0 Å². The quantitative estimate of drug-likeness (QED) is 0.667. The third-order valence-electron chi connectivity index (χ3n) is 2.65. The summed E-state index contributed by atoms with van der Waals surface area (Å²) in [5.41, 5.74) is 2.26. The third kappa shape index (κ3) is 4.38. The molecule has 0 bridgehead atoms. The van der Waals surface area contributed by atoms with Gasteiger partial charge < -0.3 is 10.1 Å². The fraction of sp³-hybridized carbons (Fsp3) is 0.200. The summed E-state index contributed by atoms with van der Waals surface area (Å²) in [6, 6.07) is 14.4. The monoisotopic (exact) mass is 431 g/mol. The highest BCUT2D eigenvalue weighted by atomic mass is 127. The van der Waals surface area contributed by atoms with Gasteiger partial charge in [-0.3, -0.25) is 0 Å². The molecule has 19 heavy (non-hydrogen) atoms. The number of hydrogen-bond donors (Lipinski definition) is 1.